The van der Waals surface area contributed by atoms with Gasteiger partial charge in [0, 0.05) is 18.7 Å². The Hall–Kier alpha value is -1.65. The number of hydrogen-bond donors (Lipinski definition) is 2. The van der Waals surface area contributed by atoms with Gasteiger partial charge in [-0.3, -0.25) is 4.79 Å². The van der Waals surface area contributed by atoms with E-state index in [4.69, 9.17) is 4.74 Å². The van der Waals surface area contributed by atoms with E-state index >= 15 is 0 Å². The Morgan fingerprint density at radius 2 is 2.08 bits per heavy atom. The van der Waals surface area contributed by atoms with E-state index in [-0.39, 0.29) is 22.9 Å². The summed E-state index contributed by atoms with van der Waals surface area (Å²) in [5.41, 5.74) is -0.159. The van der Waals surface area contributed by atoms with Crippen molar-refractivity contribution >= 4 is 15.9 Å². The number of amides is 1. The van der Waals surface area contributed by atoms with E-state index in [0.717, 1.165) is 18.9 Å². The molecule has 0 spiro atoms. The first-order valence-electron chi connectivity index (χ1n) is 7.70. The van der Waals surface area contributed by atoms with Crippen LogP contribution in [-0.4, -0.2) is 46.8 Å². The van der Waals surface area contributed by atoms with Gasteiger partial charge in [-0.1, -0.05) is 6.07 Å². The molecule has 0 bridgehead atoms. The van der Waals surface area contributed by atoms with E-state index in [0.29, 0.717) is 13.2 Å². The number of alkyl halides is 3. The van der Waals surface area contributed by atoms with Crippen LogP contribution in [0.4, 0.5) is 13.2 Å². The van der Waals surface area contributed by atoms with Crippen LogP contribution in [0.1, 0.15) is 23.2 Å². The third-order valence-electron chi connectivity index (χ3n) is 3.67. The first-order chi connectivity index (χ1) is 11.7. The largest absolute Gasteiger partial charge is 0.405 e. The molecule has 140 valence electrons. The van der Waals surface area contributed by atoms with Gasteiger partial charge in [0.25, 0.3) is 5.91 Å². The van der Waals surface area contributed by atoms with E-state index in [1.807, 2.05) is 0 Å². The van der Waals surface area contributed by atoms with E-state index < -0.39 is 28.7 Å². The summed E-state index contributed by atoms with van der Waals surface area (Å²) in [6, 6.07) is 4.88. The molecular formula is C15H19F3N2O4S. The van der Waals surface area contributed by atoms with Crippen LogP contribution in [0, 0.1) is 5.92 Å². The van der Waals surface area contributed by atoms with Gasteiger partial charge in [-0.2, -0.15) is 13.2 Å². The van der Waals surface area contributed by atoms with Gasteiger partial charge in [0.1, 0.15) is 6.54 Å². The molecule has 1 atom stereocenters. The molecule has 2 N–H and O–H groups in total. The highest BCUT2D eigenvalue weighted by atomic mass is 32.2. The molecule has 0 aliphatic carbocycles. The number of carbonyl (C=O) groups is 1. The maximum Gasteiger partial charge on any atom is 0.405 e. The summed E-state index contributed by atoms with van der Waals surface area (Å²) in [4.78, 5) is 11.6. The SMILES string of the molecule is O=C(NCC(F)(F)F)c1cccc(S(=O)(=O)NC[C@H]2CCCOC2)c1. The lowest BCUT2D eigenvalue weighted by Gasteiger charge is -2.22. The molecule has 6 nitrogen and oxygen atoms in total. The third kappa shape index (κ3) is 6.29. The lowest BCUT2D eigenvalue weighted by atomic mass is 10.0. The average Bonchev–Trinajstić information content (AvgIpc) is 2.58. The predicted molar refractivity (Wildman–Crippen MR) is 83.6 cm³/mol. The monoisotopic (exact) mass is 380 g/mol. The maximum absolute atomic E-state index is 12.3. The fraction of sp³-hybridized carbons (Fsp3) is 0.533. The minimum atomic E-state index is -4.54. The molecular weight excluding hydrogens is 361 g/mol. The van der Waals surface area contributed by atoms with Crippen LogP contribution in [0.15, 0.2) is 29.2 Å². The fourth-order valence-electron chi connectivity index (χ4n) is 2.37. The van der Waals surface area contributed by atoms with Crippen molar-refractivity contribution in [3.8, 4) is 0 Å². The molecule has 1 amide bonds. The topological polar surface area (TPSA) is 84.5 Å². The standard InChI is InChI=1S/C15H19F3N2O4S/c16-15(17,18)10-19-14(21)12-4-1-5-13(7-12)25(22,23)20-8-11-3-2-6-24-9-11/h1,4-5,7,11,20H,2-3,6,8-10H2,(H,19,21)/t11-/m1/s1. The van der Waals surface area contributed by atoms with Gasteiger partial charge in [0.15, 0.2) is 0 Å². The van der Waals surface area contributed by atoms with Crippen LogP contribution in [0.25, 0.3) is 0 Å². The zero-order valence-electron chi connectivity index (χ0n) is 13.3. The minimum absolute atomic E-state index is 0.0711. The summed E-state index contributed by atoms with van der Waals surface area (Å²) in [6.07, 6.45) is -2.83. The molecule has 0 unspecified atom stereocenters. The van der Waals surface area contributed by atoms with Gasteiger partial charge in [-0.05, 0) is 37.0 Å². The predicted octanol–water partition coefficient (Wildman–Crippen LogP) is 1.68. The Bertz CT molecular complexity index is 701. The molecule has 25 heavy (non-hydrogen) atoms. The van der Waals surface area contributed by atoms with Gasteiger partial charge in [0.05, 0.1) is 11.5 Å². The van der Waals surface area contributed by atoms with Crippen LogP contribution in [-0.2, 0) is 14.8 Å². The normalized spacial score (nSPS) is 18.8. The van der Waals surface area contributed by atoms with E-state index in [9.17, 15) is 26.4 Å². The fourth-order valence-corrected chi connectivity index (χ4v) is 3.53. The van der Waals surface area contributed by atoms with Crippen molar-refractivity contribution in [2.75, 3.05) is 26.3 Å². The molecule has 10 heteroatoms. The first kappa shape index (κ1) is 19.7. The lowest BCUT2D eigenvalue weighted by molar-refractivity contribution is -0.123. The zero-order chi connectivity index (χ0) is 18.5. The van der Waals surface area contributed by atoms with E-state index in [1.54, 1.807) is 5.32 Å². The second-order valence-electron chi connectivity index (χ2n) is 5.76. The molecule has 1 saturated heterocycles. The molecule has 2 rings (SSSR count). The molecule has 1 fully saturated rings. The van der Waals surface area contributed by atoms with Crippen molar-refractivity contribution in [3.63, 3.8) is 0 Å². The zero-order valence-corrected chi connectivity index (χ0v) is 14.1. The van der Waals surface area contributed by atoms with Crippen molar-refractivity contribution in [3.05, 3.63) is 29.8 Å². The Kier molecular flexibility index (Phi) is 6.42. The second kappa shape index (κ2) is 8.15. The molecule has 0 aromatic heterocycles. The van der Waals surface area contributed by atoms with Gasteiger partial charge in [0.2, 0.25) is 10.0 Å². The quantitative estimate of drug-likeness (QED) is 0.787. The van der Waals surface area contributed by atoms with Crippen molar-refractivity contribution in [1.29, 1.82) is 0 Å². The Morgan fingerprint density at radius 1 is 1.32 bits per heavy atom. The molecule has 1 aliphatic rings. The lowest BCUT2D eigenvalue weighted by Crippen LogP contribution is -2.34. The van der Waals surface area contributed by atoms with Gasteiger partial charge in [-0.25, -0.2) is 13.1 Å². The number of halogens is 3. The van der Waals surface area contributed by atoms with Gasteiger partial charge >= 0.3 is 6.18 Å². The van der Waals surface area contributed by atoms with E-state index in [1.165, 1.54) is 18.2 Å². The number of hydrogen-bond acceptors (Lipinski definition) is 4. The molecule has 1 aliphatic heterocycles. The highest BCUT2D eigenvalue weighted by Crippen LogP contribution is 2.16. The smallest absolute Gasteiger partial charge is 0.381 e. The first-order valence-corrected chi connectivity index (χ1v) is 9.18. The highest BCUT2D eigenvalue weighted by Gasteiger charge is 2.28. The molecule has 1 aromatic carbocycles. The summed E-state index contributed by atoms with van der Waals surface area (Å²) in [5.74, 6) is -0.920. The minimum Gasteiger partial charge on any atom is -0.381 e. The molecule has 1 heterocycles. The summed E-state index contributed by atoms with van der Waals surface area (Å²) in [7, 11) is -3.87. The van der Waals surface area contributed by atoms with Crippen LogP contribution < -0.4 is 10.0 Å². The number of nitrogens with one attached hydrogen (secondary N) is 2. The van der Waals surface area contributed by atoms with Crippen molar-refractivity contribution < 1.29 is 31.1 Å². The maximum atomic E-state index is 12.3. The van der Waals surface area contributed by atoms with Crippen LogP contribution in [0.2, 0.25) is 0 Å². The number of carbonyl (C=O) groups excluding carboxylic acids is 1. The number of sulfonamides is 1. The van der Waals surface area contributed by atoms with E-state index in [2.05, 4.69) is 4.72 Å². The summed E-state index contributed by atoms with van der Waals surface area (Å²) in [5, 5.41) is 1.71. The van der Waals surface area contributed by atoms with Crippen molar-refractivity contribution in [1.82, 2.24) is 10.0 Å². The Labute approximate surface area is 143 Å². The third-order valence-corrected chi connectivity index (χ3v) is 5.09. The van der Waals surface area contributed by atoms with Crippen LogP contribution in [0.5, 0.6) is 0 Å². The Morgan fingerprint density at radius 3 is 2.72 bits per heavy atom. The van der Waals surface area contributed by atoms with Crippen LogP contribution >= 0.6 is 0 Å². The summed E-state index contributed by atoms with van der Waals surface area (Å²) >= 11 is 0. The van der Waals surface area contributed by atoms with Crippen molar-refractivity contribution in [2.45, 2.75) is 23.9 Å². The van der Waals surface area contributed by atoms with Crippen molar-refractivity contribution in [2.24, 2.45) is 5.92 Å². The number of ether oxygens (including phenoxy) is 1. The molecule has 1 aromatic rings. The number of benzene rings is 1. The van der Waals surface area contributed by atoms with Gasteiger partial charge in [-0.15, -0.1) is 0 Å². The summed E-state index contributed by atoms with van der Waals surface area (Å²) < 4.78 is 68.8. The van der Waals surface area contributed by atoms with Gasteiger partial charge < -0.3 is 10.1 Å². The second-order valence-corrected chi connectivity index (χ2v) is 7.53. The number of rotatable bonds is 6. The summed E-state index contributed by atoms with van der Waals surface area (Å²) in [6.45, 7) is -0.143. The van der Waals surface area contributed by atoms with Crippen LogP contribution in [0.3, 0.4) is 0 Å². The molecule has 0 saturated carbocycles. The Balaban J connectivity index is 2.01. The molecule has 0 radical (unpaired) electrons. The average molecular weight is 380 g/mol. The highest BCUT2D eigenvalue weighted by molar-refractivity contribution is 7.89.